The number of nitrogens with one attached hydrogen (secondary N) is 1. The Balaban J connectivity index is 2.29. The number of hydrogen-bond donors (Lipinski definition) is 1. The molecule has 2 nitrogen and oxygen atoms in total. The third-order valence-corrected chi connectivity index (χ3v) is 3.59. The smallest absolute Gasteiger partial charge is 0.138 e. The third kappa shape index (κ3) is 1.77. The minimum atomic E-state index is 0.999. The topological polar surface area (TPSA) is 39.6 Å². The van der Waals surface area contributed by atoms with E-state index in [0.29, 0.717) is 0 Å². The second kappa shape index (κ2) is 4.59. The quantitative estimate of drug-likeness (QED) is 0.540. The molecule has 0 aliphatic carbocycles. The second-order valence-corrected chi connectivity index (χ2v) is 4.73. The van der Waals surface area contributed by atoms with Crippen molar-refractivity contribution in [1.29, 1.82) is 5.26 Å². The van der Waals surface area contributed by atoms with E-state index in [0.717, 1.165) is 27.1 Å². The van der Waals surface area contributed by atoms with Crippen molar-refractivity contribution >= 4 is 22.7 Å². The van der Waals surface area contributed by atoms with E-state index in [-0.39, 0.29) is 0 Å². The van der Waals surface area contributed by atoms with Crippen LogP contribution in [-0.4, -0.2) is 4.98 Å². The van der Waals surface area contributed by atoms with Crippen LogP contribution in [0, 0.1) is 10.7 Å². The summed E-state index contributed by atoms with van der Waals surface area (Å²) in [4.78, 5) is 4.39. The molecule has 0 saturated heterocycles. The second-order valence-electron chi connectivity index (χ2n) is 3.93. The zero-order valence-corrected chi connectivity index (χ0v) is 10.4. The normalized spacial score (nSPS) is 10.4. The van der Waals surface area contributed by atoms with Gasteiger partial charge in [0.1, 0.15) is 5.40 Å². The predicted octanol–water partition coefficient (Wildman–Crippen LogP) is 4.41. The lowest BCUT2D eigenvalue weighted by Gasteiger charge is -2.00. The van der Waals surface area contributed by atoms with Crippen molar-refractivity contribution in [3.8, 4) is 16.7 Å². The number of nitrogens with zero attached hydrogens (tertiary/aromatic N) is 1. The summed E-state index contributed by atoms with van der Waals surface area (Å²) >= 11 is 1.21. The number of aromatic nitrogens is 1. The number of nitriles is 1. The van der Waals surface area contributed by atoms with Crippen molar-refractivity contribution in [3.63, 3.8) is 0 Å². The number of fused-ring (bicyclic) bond motifs is 1. The molecule has 18 heavy (non-hydrogen) atoms. The molecule has 0 amide bonds. The van der Waals surface area contributed by atoms with E-state index in [1.165, 1.54) is 11.8 Å². The summed E-state index contributed by atoms with van der Waals surface area (Å²) in [5, 5.41) is 12.2. The Morgan fingerprint density at radius 3 is 2.44 bits per heavy atom. The third-order valence-electron chi connectivity index (χ3n) is 2.87. The van der Waals surface area contributed by atoms with Crippen LogP contribution in [0.25, 0.3) is 22.2 Å². The lowest BCUT2D eigenvalue weighted by molar-refractivity contribution is 1.40. The lowest BCUT2D eigenvalue weighted by atomic mass is 10.1. The number of aromatic amines is 1. The molecule has 0 atom stereocenters. The van der Waals surface area contributed by atoms with Crippen molar-refractivity contribution in [2.45, 2.75) is 4.90 Å². The summed E-state index contributed by atoms with van der Waals surface area (Å²) in [6, 6.07) is 18.1. The molecule has 86 valence electrons. The zero-order chi connectivity index (χ0) is 12.4. The maximum atomic E-state index is 8.97. The highest BCUT2D eigenvalue weighted by molar-refractivity contribution is 8.04. The highest BCUT2D eigenvalue weighted by Gasteiger charge is 2.12. The van der Waals surface area contributed by atoms with Gasteiger partial charge >= 0.3 is 0 Å². The first-order chi connectivity index (χ1) is 8.90. The fourth-order valence-electron chi connectivity index (χ4n) is 2.08. The van der Waals surface area contributed by atoms with Crippen molar-refractivity contribution in [1.82, 2.24) is 4.98 Å². The molecule has 1 N–H and O–H groups in total. The van der Waals surface area contributed by atoms with Gasteiger partial charge in [-0.3, -0.25) is 0 Å². The van der Waals surface area contributed by atoms with Crippen LogP contribution in [-0.2, 0) is 0 Å². The standard InChI is InChI=1S/C15H10N2S/c16-10-18-15-12-8-4-5-9-13(12)17-14(15)11-6-2-1-3-7-11/h1-9,17H. The SMILES string of the molecule is N#CSc1c(-c2ccccc2)[nH]c2ccccc12. The predicted molar refractivity (Wildman–Crippen MR) is 75.2 cm³/mol. The van der Waals surface area contributed by atoms with Gasteiger partial charge < -0.3 is 4.98 Å². The molecule has 0 radical (unpaired) electrons. The molecule has 0 fully saturated rings. The molecule has 0 aliphatic rings. The molecule has 0 unspecified atom stereocenters. The Morgan fingerprint density at radius 1 is 0.944 bits per heavy atom. The Bertz CT molecular complexity index is 723. The van der Waals surface area contributed by atoms with Crippen LogP contribution < -0.4 is 0 Å². The highest BCUT2D eigenvalue weighted by atomic mass is 32.2. The summed E-state index contributed by atoms with van der Waals surface area (Å²) in [6.45, 7) is 0. The Kier molecular flexibility index (Phi) is 2.79. The molecule has 3 heteroatoms. The van der Waals surface area contributed by atoms with Gasteiger partial charge in [-0.05, 0) is 23.4 Å². The van der Waals surface area contributed by atoms with Crippen LogP contribution in [0.2, 0.25) is 0 Å². The number of benzene rings is 2. The fraction of sp³-hybridized carbons (Fsp3) is 0. The van der Waals surface area contributed by atoms with Gasteiger partial charge in [-0.15, -0.1) is 0 Å². The van der Waals surface area contributed by atoms with Gasteiger partial charge in [-0.2, -0.15) is 5.26 Å². The molecular formula is C15H10N2S. The van der Waals surface area contributed by atoms with Gasteiger partial charge in [0.05, 0.1) is 10.6 Å². The molecule has 2 aromatic carbocycles. The summed E-state index contributed by atoms with van der Waals surface area (Å²) < 4.78 is 0. The number of rotatable bonds is 2. The summed E-state index contributed by atoms with van der Waals surface area (Å²) in [5.74, 6) is 0. The monoisotopic (exact) mass is 250 g/mol. The van der Waals surface area contributed by atoms with E-state index >= 15 is 0 Å². The fourth-order valence-corrected chi connectivity index (χ4v) is 2.73. The van der Waals surface area contributed by atoms with Crippen LogP contribution in [0.4, 0.5) is 0 Å². The minimum Gasteiger partial charge on any atom is -0.354 e. The first-order valence-corrected chi connectivity index (χ1v) is 6.44. The number of para-hydroxylation sites is 1. The molecular weight excluding hydrogens is 240 g/mol. The molecule has 0 saturated carbocycles. The van der Waals surface area contributed by atoms with E-state index < -0.39 is 0 Å². The Morgan fingerprint density at radius 2 is 1.67 bits per heavy atom. The summed E-state index contributed by atoms with van der Waals surface area (Å²) in [7, 11) is 0. The largest absolute Gasteiger partial charge is 0.354 e. The first kappa shape index (κ1) is 10.9. The maximum Gasteiger partial charge on any atom is 0.138 e. The zero-order valence-electron chi connectivity index (χ0n) is 9.55. The summed E-state index contributed by atoms with van der Waals surface area (Å²) in [5.41, 5.74) is 3.18. The van der Waals surface area contributed by atoms with Crippen molar-refractivity contribution in [3.05, 3.63) is 54.6 Å². The van der Waals surface area contributed by atoms with Gasteiger partial charge in [-0.1, -0.05) is 48.5 Å². The highest BCUT2D eigenvalue weighted by Crippen LogP contribution is 2.36. The van der Waals surface area contributed by atoms with E-state index in [1.807, 2.05) is 54.6 Å². The molecule has 0 bridgehead atoms. The van der Waals surface area contributed by atoms with Crippen molar-refractivity contribution in [2.24, 2.45) is 0 Å². The van der Waals surface area contributed by atoms with E-state index in [1.54, 1.807) is 0 Å². The van der Waals surface area contributed by atoms with Crippen LogP contribution >= 0.6 is 11.8 Å². The van der Waals surface area contributed by atoms with Gasteiger partial charge in [0.15, 0.2) is 0 Å². The molecule has 3 aromatic rings. The Hall–Kier alpha value is -2.18. The van der Waals surface area contributed by atoms with E-state index in [9.17, 15) is 0 Å². The van der Waals surface area contributed by atoms with Gasteiger partial charge in [0, 0.05) is 10.9 Å². The van der Waals surface area contributed by atoms with E-state index in [4.69, 9.17) is 5.26 Å². The van der Waals surface area contributed by atoms with Crippen molar-refractivity contribution in [2.75, 3.05) is 0 Å². The first-order valence-electron chi connectivity index (χ1n) is 5.62. The molecule has 0 aliphatic heterocycles. The molecule has 1 aromatic heterocycles. The van der Waals surface area contributed by atoms with Gasteiger partial charge in [0.25, 0.3) is 0 Å². The average Bonchev–Trinajstić information content (AvgIpc) is 2.80. The van der Waals surface area contributed by atoms with Gasteiger partial charge in [-0.25, -0.2) is 0 Å². The number of H-pyrrole nitrogens is 1. The maximum absolute atomic E-state index is 8.97. The van der Waals surface area contributed by atoms with Crippen LogP contribution in [0.15, 0.2) is 59.5 Å². The van der Waals surface area contributed by atoms with Crippen LogP contribution in [0.3, 0.4) is 0 Å². The van der Waals surface area contributed by atoms with Crippen LogP contribution in [0.1, 0.15) is 0 Å². The van der Waals surface area contributed by atoms with Crippen molar-refractivity contribution < 1.29 is 0 Å². The summed E-state index contributed by atoms with van der Waals surface area (Å²) in [6.07, 6.45) is 0. The van der Waals surface area contributed by atoms with Crippen LogP contribution in [0.5, 0.6) is 0 Å². The number of hydrogen-bond acceptors (Lipinski definition) is 2. The number of thioether (sulfide) groups is 1. The lowest BCUT2D eigenvalue weighted by Crippen LogP contribution is -1.78. The number of thiocyanates is 1. The molecule has 0 spiro atoms. The molecule has 1 heterocycles. The van der Waals surface area contributed by atoms with Gasteiger partial charge in [0.2, 0.25) is 0 Å². The van der Waals surface area contributed by atoms with E-state index in [2.05, 4.69) is 10.4 Å². The minimum absolute atomic E-state index is 0.999. The average molecular weight is 250 g/mol. The molecule has 3 rings (SSSR count). The Labute approximate surface area is 109 Å².